The molecule has 2 bridgehead atoms. The molecule has 5 fully saturated rings. The summed E-state index contributed by atoms with van der Waals surface area (Å²) in [4.78, 5) is 31.7. The summed E-state index contributed by atoms with van der Waals surface area (Å²) in [5, 5.41) is 0. The predicted molar refractivity (Wildman–Crippen MR) is 103 cm³/mol. The molecular weight excluding hydrogens is 342 g/mol. The molecular formula is C21H35N3O3. The molecule has 152 valence electrons. The summed E-state index contributed by atoms with van der Waals surface area (Å²) < 4.78 is 5.24. The molecule has 2 amide bonds. The molecule has 0 spiro atoms. The normalized spacial score (nSPS) is 37.4. The maximum Gasteiger partial charge on any atom is 0.410 e. The molecule has 27 heavy (non-hydrogen) atoms. The van der Waals surface area contributed by atoms with E-state index in [1.165, 1.54) is 6.42 Å². The largest absolute Gasteiger partial charge is 0.450 e. The van der Waals surface area contributed by atoms with Gasteiger partial charge < -0.3 is 14.5 Å². The van der Waals surface area contributed by atoms with Gasteiger partial charge in [-0.15, -0.1) is 0 Å². The molecule has 2 aliphatic carbocycles. The van der Waals surface area contributed by atoms with Crippen molar-refractivity contribution in [2.45, 2.75) is 65.1 Å². The molecule has 3 aliphatic heterocycles. The van der Waals surface area contributed by atoms with E-state index in [-0.39, 0.29) is 12.0 Å². The maximum absolute atomic E-state index is 12.8. The van der Waals surface area contributed by atoms with Crippen molar-refractivity contribution in [1.29, 1.82) is 0 Å². The van der Waals surface area contributed by atoms with E-state index < -0.39 is 0 Å². The predicted octanol–water partition coefficient (Wildman–Crippen LogP) is 2.43. The summed E-state index contributed by atoms with van der Waals surface area (Å²) in [6.07, 6.45) is 3.28. The molecule has 2 saturated carbocycles. The monoisotopic (exact) mass is 377 g/mol. The van der Waals surface area contributed by atoms with E-state index in [1.807, 2.05) is 16.7 Å². The average Bonchev–Trinajstić information content (AvgIpc) is 3.16. The number of hydrogen-bond donors (Lipinski definition) is 0. The highest BCUT2D eigenvalue weighted by atomic mass is 16.6. The molecule has 5 rings (SSSR count). The zero-order chi connectivity index (χ0) is 19.3. The zero-order valence-electron chi connectivity index (χ0n) is 17.3. The zero-order valence-corrected chi connectivity index (χ0v) is 17.3. The van der Waals surface area contributed by atoms with Gasteiger partial charge in [0.1, 0.15) is 0 Å². The second kappa shape index (κ2) is 7.26. The van der Waals surface area contributed by atoms with Crippen molar-refractivity contribution in [1.82, 2.24) is 14.7 Å². The van der Waals surface area contributed by atoms with Gasteiger partial charge in [-0.05, 0) is 64.7 Å². The molecule has 3 saturated heterocycles. The van der Waals surface area contributed by atoms with Crippen molar-refractivity contribution < 1.29 is 14.3 Å². The first kappa shape index (κ1) is 19.0. The Hall–Kier alpha value is -1.30. The van der Waals surface area contributed by atoms with Crippen molar-refractivity contribution in [3.8, 4) is 0 Å². The van der Waals surface area contributed by atoms with Gasteiger partial charge in [0.2, 0.25) is 5.91 Å². The van der Waals surface area contributed by atoms with Crippen LogP contribution in [0.3, 0.4) is 0 Å². The Bertz CT molecular complexity index is 583. The molecule has 0 aromatic heterocycles. The van der Waals surface area contributed by atoms with E-state index in [1.54, 1.807) is 0 Å². The average molecular weight is 378 g/mol. The number of likely N-dealkylation sites (tertiary alicyclic amines) is 1. The van der Waals surface area contributed by atoms with Crippen LogP contribution in [-0.4, -0.2) is 77.6 Å². The summed E-state index contributed by atoms with van der Waals surface area (Å²) >= 11 is 0. The van der Waals surface area contributed by atoms with Gasteiger partial charge in [-0.2, -0.15) is 0 Å². The molecule has 3 unspecified atom stereocenters. The first-order valence-corrected chi connectivity index (χ1v) is 10.9. The highest BCUT2D eigenvalue weighted by molar-refractivity contribution is 5.83. The topological polar surface area (TPSA) is 53.1 Å². The Balaban J connectivity index is 1.33. The van der Waals surface area contributed by atoms with Crippen LogP contribution < -0.4 is 0 Å². The Morgan fingerprint density at radius 1 is 1.11 bits per heavy atom. The second-order valence-corrected chi connectivity index (χ2v) is 9.17. The lowest BCUT2D eigenvalue weighted by Crippen LogP contribution is -2.60. The molecule has 3 heterocycles. The van der Waals surface area contributed by atoms with Crippen LogP contribution in [0.4, 0.5) is 4.79 Å². The van der Waals surface area contributed by atoms with Gasteiger partial charge in [0.05, 0.1) is 6.61 Å². The van der Waals surface area contributed by atoms with Crippen LogP contribution >= 0.6 is 0 Å². The van der Waals surface area contributed by atoms with Crippen molar-refractivity contribution in [2.24, 2.45) is 23.7 Å². The van der Waals surface area contributed by atoms with Crippen LogP contribution in [0.5, 0.6) is 0 Å². The van der Waals surface area contributed by atoms with Crippen LogP contribution in [0.15, 0.2) is 0 Å². The first-order valence-electron chi connectivity index (χ1n) is 10.9. The summed E-state index contributed by atoms with van der Waals surface area (Å²) in [5.74, 6) is 2.33. The van der Waals surface area contributed by atoms with E-state index in [0.717, 1.165) is 39.0 Å². The lowest BCUT2D eigenvalue weighted by atomic mass is 9.75. The highest BCUT2D eigenvalue weighted by Gasteiger charge is 2.62. The first-order chi connectivity index (χ1) is 13.0. The number of hydrogen-bond acceptors (Lipinski definition) is 4. The fourth-order valence-electron chi connectivity index (χ4n) is 6.13. The molecule has 0 radical (unpaired) electrons. The van der Waals surface area contributed by atoms with Crippen molar-refractivity contribution in [2.75, 3.05) is 32.8 Å². The standard InChI is InChI=1S/C21H35N3O3/c1-5-23(13(3)4)20(25)19-16-11-22(12-17(16)19)18-9-15-8-7-14(18)10-24(15)21(26)27-6-2/h13-19H,5-12H2,1-4H3/t14?,15?,16-,17+,18?,19+. The van der Waals surface area contributed by atoms with Gasteiger partial charge >= 0.3 is 6.09 Å². The van der Waals surface area contributed by atoms with Crippen LogP contribution in [0.25, 0.3) is 0 Å². The van der Waals surface area contributed by atoms with Crippen molar-refractivity contribution in [3.05, 3.63) is 0 Å². The second-order valence-electron chi connectivity index (χ2n) is 9.17. The van der Waals surface area contributed by atoms with Crippen LogP contribution in [0.1, 0.15) is 47.0 Å². The van der Waals surface area contributed by atoms with Gasteiger partial charge in [-0.1, -0.05) is 0 Å². The Kier molecular flexibility index (Phi) is 5.12. The van der Waals surface area contributed by atoms with Crippen molar-refractivity contribution >= 4 is 12.0 Å². The number of carbonyl (C=O) groups excluding carboxylic acids is 2. The molecule has 0 aromatic carbocycles. The third-order valence-corrected chi connectivity index (χ3v) is 7.53. The SMILES string of the molecule is CCOC(=O)N1CC2CCC1CC2N1C[C@@H]2[C@H](C1)[C@H]2C(=O)N(CC)C(C)C. The highest BCUT2D eigenvalue weighted by Crippen LogP contribution is 2.54. The fraction of sp³-hybridized carbons (Fsp3) is 0.905. The molecule has 0 N–H and O–H groups in total. The minimum atomic E-state index is -0.131. The Morgan fingerprint density at radius 2 is 1.81 bits per heavy atom. The Labute approximate surface area is 163 Å². The van der Waals surface area contributed by atoms with Gasteiger partial charge in [0.25, 0.3) is 0 Å². The number of ether oxygens (including phenoxy) is 1. The molecule has 0 aromatic rings. The molecule has 6 heteroatoms. The van der Waals surface area contributed by atoms with E-state index in [0.29, 0.717) is 48.4 Å². The lowest BCUT2D eigenvalue weighted by molar-refractivity contribution is -0.135. The van der Waals surface area contributed by atoms with Crippen LogP contribution in [0, 0.1) is 23.7 Å². The number of fused-ring (bicyclic) bond motifs is 4. The number of carbonyl (C=O) groups is 2. The third-order valence-electron chi connectivity index (χ3n) is 7.53. The smallest absolute Gasteiger partial charge is 0.410 e. The third kappa shape index (κ3) is 3.24. The molecule has 6 atom stereocenters. The van der Waals surface area contributed by atoms with E-state index in [4.69, 9.17) is 4.74 Å². The summed E-state index contributed by atoms with van der Waals surface area (Å²) in [7, 11) is 0. The fourth-order valence-corrected chi connectivity index (χ4v) is 6.13. The summed E-state index contributed by atoms with van der Waals surface area (Å²) in [5.41, 5.74) is 0. The number of rotatable bonds is 5. The summed E-state index contributed by atoms with van der Waals surface area (Å²) in [6.45, 7) is 12.4. The van der Waals surface area contributed by atoms with Gasteiger partial charge in [0, 0.05) is 50.2 Å². The van der Waals surface area contributed by atoms with E-state index in [2.05, 4.69) is 25.7 Å². The maximum atomic E-state index is 12.8. The molecule has 6 nitrogen and oxygen atoms in total. The van der Waals surface area contributed by atoms with Crippen LogP contribution in [-0.2, 0) is 9.53 Å². The summed E-state index contributed by atoms with van der Waals surface area (Å²) in [6, 6.07) is 1.22. The van der Waals surface area contributed by atoms with Crippen molar-refractivity contribution in [3.63, 3.8) is 0 Å². The van der Waals surface area contributed by atoms with E-state index >= 15 is 0 Å². The van der Waals surface area contributed by atoms with Gasteiger partial charge in [0.15, 0.2) is 0 Å². The van der Waals surface area contributed by atoms with E-state index in [9.17, 15) is 9.59 Å². The number of amides is 2. The van der Waals surface area contributed by atoms with Gasteiger partial charge in [-0.3, -0.25) is 9.69 Å². The molecule has 5 aliphatic rings. The van der Waals surface area contributed by atoms with Gasteiger partial charge in [-0.25, -0.2) is 4.79 Å². The number of nitrogens with zero attached hydrogens (tertiary/aromatic N) is 3. The number of piperidine rings is 3. The quantitative estimate of drug-likeness (QED) is 0.738. The lowest BCUT2D eigenvalue weighted by Gasteiger charge is -2.51. The minimum absolute atomic E-state index is 0.131. The Morgan fingerprint density at radius 3 is 2.33 bits per heavy atom. The minimum Gasteiger partial charge on any atom is -0.450 e. The van der Waals surface area contributed by atoms with Crippen LogP contribution in [0.2, 0.25) is 0 Å².